The van der Waals surface area contributed by atoms with E-state index in [-0.39, 0.29) is 30.9 Å². The van der Waals surface area contributed by atoms with Crippen molar-refractivity contribution in [2.75, 3.05) is 18.5 Å². The molecule has 27 heavy (non-hydrogen) atoms. The summed E-state index contributed by atoms with van der Waals surface area (Å²) in [5, 5.41) is 12.5. The Labute approximate surface area is 160 Å². The summed E-state index contributed by atoms with van der Waals surface area (Å²) in [6, 6.07) is 13.1. The van der Waals surface area contributed by atoms with E-state index in [1.165, 1.54) is 0 Å². The highest BCUT2D eigenvalue weighted by molar-refractivity contribution is 6.04. The molecule has 0 aromatic heterocycles. The molecule has 2 aromatic rings. The lowest BCUT2D eigenvalue weighted by Gasteiger charge is -2.25. The fourth-order valence-electron chi connectivity index (χ4n) is 3.52. The number of hydrogen-bond acceptors (Lipinski definition) is 3. The molecule has 1 saturated heterocycles. The van der Waals surface area contributed by atoms with Gasteiger partial charge in [-0.15, -0.1) is 0 Å². The molecule has 5 heteroatoms. The van der Waals surface area contributed by atoms with Crippen LogP contribution in [0.4, 0.5) is 5.69 Å². The van der Waals surface area contributed by atoms with Crippen molar-refractivity contribution in [3.8, 4) is 0 Å². The zero-order valence-electron chi connectivity index (χ0n) is 15.9. The minimum atomic E-state index is -0.154. The second kappa shape index (κ2) is 8.35. The number of rotatable bonds is 5. The Balaban J connectivity index is 1.85. The van der Waals surface area contributed by atoms with Gasteiger partial charge in [-0.1, -0.05) is 30.3 Å². The summed E-state index contributed by atoms with van der Waals surface area (Å²) in [7, 11) is 0. The van der Waals surface area contributed by atoms with Gasteiger partial charge in [0.25, 0.3) is 5.91 Å². The lowest BCUT2D eigenvalue weighted by Crippen LogP contribution is -2.38. The molecular weight excluding hydrogens is 340 g/mol. The number of nitrogens with zero attached hydrogens (tertiary/aromatic N) is 1. The average molecular weight is 366 g/mol. The van der Waals surface area contributed by atoms with Gasteiger partial charge in [0.2, 0.25) is 5.91 Å². The first-order chi connectivity index (χ1) is 13.0. The zero-order chi connectivity index (χ0) is 19.4. The van der Waals surface area contributed by atoms with Crippen LogP contribution in [0.15, 0.2) is 42.5 Å². The quantitative estimate of drug-likeness (QED) is 0.854. The van der Waals surface area contributed by atoms with Gasteiger partial charge in [-0.3, -0.25) is 9.59 Å². The van der Waals surface area contributed by atoms with Crippen LogP contribution in [0.3, 0.4) is 0 Å². The maximum absolute atomic E-state index is 13.1. The zero-order valence-corrected chi connectivity index (χ0v) is 15.9. The predicted octanol–water partition coefficient (Wildman–Crippen LogP) is 3.08. The van der Waals surface area contributed by atoms with E-state index < -0.39 is 0 Å². The number of likely N-dealkylation sites (tertiary alicyclic amines) is 1. The normalized spacial score (nSPS) is 16.4. The van der Waals surface area contributed by atoms with Gasteiger partial charge in [-0.05, 0) is 55.5 Å². The molecule has 1 aliphatic rings. The maximum atomic E-state index is 13.1. The van der Waals surface area contributed by atoms with Crippen LogP contribution < -0.4 is 5.32 Å². The van der Waals surface area contributed by atoms with Crippen LogP contribution in [0.5, 0.6) is 0 Å². The van der Waals surface area contributed by atoms with E-state index in [2.05, 4.69) is 5.32 Å². The number of carbonyl (C=O) groups is 2. The minimum Gasteiger partial charge on any atom is -0.394 e. The highest BCUT2D eigenvalue weighted by Gasteiger charge is 2.30. The van der Waals surface area contributed by atoms with Crippen LogP contribution in [-0.4, -0.2) is 41.0 Å². The highest BCUT2D eigenvalue weighted by atomic mass is 16.3. The van der Waals surface area contributed by atoms with E-state index in [1.54, 1.807) is 4.90 Å². The largest absolute Gasteiger partial charge is 0.394 e. The summed E-state index contributed by atoms with van der Waals surface area (Å²) in [6.07, 6.45) is 1.95. The van der Waals surface area contributed by atoms with Crippen LogP contribution in [0.25, 0.3) is 0 Å². The summed E-state index contributed by atoms with van der Waals surface area (Å²) in [5.74, 6) is -0.289. The van der Waals surface area contributed by atoms with Crippen molar-refractivity contribution in [3.63, 3.8) is 0 Å². The second-order valence-corrected chi connectivity index (χ2v) is 7.17. The molecule has 1 fully saturated rings. The Kier molecular flexibility index (Phi) is 5.91. The molecule has 0 aliphatic carbocycles. The third-order valence-electron chi connectivity index (χ3n) is 5.19. The number of aryl methyl sites for hydroxylation is 2. The molecular formula is C22H26N2O3. The Morgan fingerprint density at radius 1 is 1.15 bits per heavy atom. The van der Waals surface area contributed by atoms with Gasteiger partial charge in [-0.2, -0.15) is 0 Å². The van der Waals surface area contributed by atoms with E-state index in [1.807, 2.05) is 56.3 Å². The van der Waals surface area contributed by atoms with Gasteiger partial charge in [0.15, 0.2) is 0 Å². The first-order valence-corrected chi connectivity index (χ1v) is 9.36. The summed E-state index contributed by atoms with van der Waals surface area (Å²) in [5.41, 5.74) is 3.96. The number of benzene rings is 2. The summed E-state index contributed by atoms with van der Waals surface area (Å²) in [4.78, 5) is 27.3. The average Bonchev–Trinajstić information content (AvgIpc) is 3.13. The lowest BCUT2D eigenvalue weighted by molar-refractivity contribution is -0.115. The molecule has 2 N–H and O–H groups in total. The van der Waals surface area contributed by atoms with Gasteiger partial charge in [0.05, 0.1) is 30.3 Å². The van der Waals surface area contributed by atoms with Crippen LogP contribution >= 0.6 is 0 Å². The van der Waals surface area contributed by atoms with Crippen LogP contribution in [-0.2, 0) is 11.2 Å². The van der Waals surface area contributed by atoms with Gasteiger partial charge < -0.3 is 15.3 Å². The van der Waals surface area contributed by atoms with E-state index in [4.69, 9.17) is 0 Å². The number of nitrogens with one attached hydrogen (secondary N) is 1. The van der Waals surface area contributed by atoms with Crippen molar-refractivity contribution in [1.29, 1.82) is 0 Å². The highest BCUT2D eigenvalue weighted by Crippen LogP contribution is 2.26. The van der Waals surface area contributed by atoms with E-state index in [9.17, 15) is 14.7 Å². The van der Waals surface area contributed by atoms with Gasteiger partial charge in [0.1, 0.15) is 0 Å². The Morgan fingerprint density at radius 2 is 1.85 bits per heavy atom. The van der Waals surface area contributed by atoms with Crippen molar-refractivity contribution in [2.45, 2.75) is 39.2 Å². The number of aliphatic hydroxyl groups excluding tert-OH is 1. The molecule has 0 spiro atoms. The Bertz CT molecular complexity index is 833. The fraction of sp³-hybridized carbons (Fsp3) is 0.364. The first kappa shape index (κ1) is 19.1. The molecule has 1 atom stereocenters. The van der Waals surface area contributed by atoms with Gasteiger partial charge >= 0.3 is 0 Å². The lowest BCUT2D eigenvalue weighted by atomic mass is 10.0. The van der Waals surface area contributed by atoms with Crippen molar-refractivity contribution >= 4 is 17.5 Å². The fourth-order valence-corrected chi connectivity index (χ4v) is 3.52. The molecule has 5 nitrogen and oxygen atoms in total. The van der Waals surface area contributed by atoms with Crippen molar-refractivity contribution in [3.05, 3.63) is 64.7 Å². The van der Waals surface area contributed by atoms with Gasteiger partial charge in [-0.25, -0.2) is 0 Å². The topological polar surface area (TPSA) is 69.6 Å². The molecule has 1 aliphatic heterocycles. The molecule has 2 aromatic carbocycles. The molecule has 0 bridgehead atoms. The SMILES string of the molecule is Cc1cc(NC(=O)Cc2ccccc2)c(C(=O)N2CCC[C@H]2CO)cc1C. The summed E-state index contributed by atoms with van der Waals surface area (Å²) in [6.45, 7) is 4.51. The second-order valence-electron chi connectivity index (χ2n) is 7.17. The molecule has 3 rings (SSSR count). The van der Waals surface area contributed by atoms with Crippen LogP contribution in [0, 0.1) is 13.8 Å². The van der Waals surface area contributed by atoms with Crippen molar-refractivity contribution in [2.24, 2.45) is 0 Å². The number of hydrogen-bond donors (Lipinski definition) is 2. The molecule has 0 saturated carbocycles. The smallest absolute Gasteiger partial charge is 0.256 e. The maximum Gasteiger partial charge on any atom is 0.256 e. The van der Waals surface area contributed by atoms with Crippen molar-refractivity contribution in [1.82, 2.24) is 4.90 Å². The Morgan fingerprint density at radius 3 is 2.56 bits per heavy atom. The van der Waals surface area contributed by atoms with E-state index >= 15 is 0 Å². The Hall–Kier alpha value is -2.66. The number of aliphatic hydroxyl groups is 1. The molecule has 142 valence electrons. The summed E-state index contributed by atoms with van der Waals surface area (Å²) >= 11 is 0. The van der Waals surface area contributed by atoms with E-state index in [0.29, 0.717) is 17.8 Å². The monoisotopic (exact) mass is 366 g/mol. The third kappa shape index (κ3) is 4.37. The molecule has 0 unspecified atom stereocenters. The van der Waals surface area contributed by atoms with Crippen LogP contribution in [0.2, 0.25) is 0 Å². The standard InChI is InChI=1S/C22H26N2O3/c1-15-11-19(22(27)24-10-6-9-18(24)14-25)20(12-16(15)2)23-21(26)13-17-7-4-3-5-8-17/h3-5,7-8,11-12,18,25H,6,9-10,13-14H2,1-2H3,(H,23,26)/t18-/m0/s1. The number of anilines is 1. The molecule has 2 amide bonds. The molecule has 1 heterocycles. The predicted molar refractivity (Wildman–Crippen MR) is 106 cm³/mol. The van der Waals surface area contributed by atoms with Gasteiger partial charge in [0, 0.05) is 6.54 Å². The number of carbonyl (C=O) groups excluding carboxylic acids is 2. The summed E-state index contributed by atoms with van der Waals surface area (Å²) < 4.78 is 0. The van der Waals surface area contributed by atoms with Crippen LogP contribution in [0.1, 0.15) is 39.9 Å². The van der Waals surface area contributed by atoms with Crippen molar-refractivity contribution < 1.29 is 14.7 Å². The molecule has 0 radical (unpaired) electrons. The van der Waals surface area contributed by atoms with E-state index in [0.717, 1.165) is 29.5 Å². The first-order valence-electron chi connectivity index (χ1n) is 9.36. The third-order valence-corrected chi connectivity index (χ3v) is 5.19. The minimum absolute atomic E-state index is 0.0354. The number of amides is 2.